The summed E-state index contributed by atoms with van der Waals surface area (Å²) in [4.78, 5) is 9.68. The lowest BCUT2D eigenvalue weighted by molar-refractivity contribution is 0.0724. The highest BCUT2D eigenvalue weighted by molar-refractivity contribution is 7.23. The van der Waals surface area contributed by atoms with Crippen molar-refractivity contribution in [3.05, 3.63) is 48.0 Å². The van der Waals surface area contributed by atoms with E-state index in [1.54, 1.807) is 11.3 Å². The molecule has 0 amide bonds. The van der Waals surface area contributed by atoms with Crippen molar-refractivity contribution in [3.8, 4) is 0 Å². The van der Waals surface area contributed by atoms with E-state index in [9.17, 15) is 0 Å². The van der Waals surface area contributed by atoms with Crippen molar-refractivity contribution >= 4 is 49.7 Å². The zero-order valence-corrected chi connectivity index (χ0v) is 17.7. The average Bonchev–Trinajstić information content (AvgIpc) is 3.03. The van der Waals surface area contributed by atoms with Crippen LogP contribution in [0, 0.1) is 0 Å². The number of thiophene rings is 1. The number of hydrogen-bond acceptors (Lipinski definition) is 7. The summed E-state index contributed by atoms with van der Waals surface area (Å²) < 4.78 is 6.71. The number of nitrogens with zero attached hydrogens (tertiary/aromatic N) is 3. The lowest BCUT2D eigenvalue weighted by Crippen LogP contribution is -2.47. The van der Waals surface area contributed by atoms with Gasteiger partial charge in [-0.3, -0.25) is 9.89 Å². The van der Waals surface area contributed by atoms with Crippen LogP contribution in [0.4, 0.5) is 22.1 Å². The molecule has 30 heavy (non-hydrogen) atoms. The number of fused-ring (bicyclic) bond motifs is 4. The van der Waals surface area contributed by atoms with E-state index in [0.717, 1.165) is 49.1 Å². The topological polar surface area (TPSA) is 60.3 Å². The predicted octanol–water partition coefficient (Wildman–Crippen LogP) is 3.84. The van der Waals surface area contributed by atoms with Crippen molar-refractivity contribution in [1.29, 1.82) is 0 Å². The molecule has 3 heterocycles. The number of benzene rings is 2. The summed E-state index contributed by atoms with van der Waals surface area (Å²) in [5.41, 5.74) is 4.50. The molecule has 3 aromatic rings. The number of para-hydroxylation sites is 2. The van der Waals surface area contributed by atoms with Gasteiger partial charge in [0.25, 0.3) is 0 Å². The molecule has 0 spiro atoms. The molecule has 0 saturated carbocycles. The Morgan fingerprint density at radius 3 is 2.77 bits per heavy atom. The van der Waals surface area contributed by atoms with Crippen LogP contribution in [0.3, 0.4) is 0 Å². The maximum atomic E-state index is 8.83. The van der Waals surface area contributed by atoms with Gasteiger partial charge in [-0.15, -0.1) is 11.3 Å². The molecule has 1 saturated heterocycles. The number of anilines is 3. The molecule has 2 aromatic carbocycles. The van der Waals surface area contributed by atoms with Gasteiger partial charge in [-0.2, -0.15) is 0 Å². The summed E-state index contributed by atoms with van der Waals surface area (Å²) in [6.07, 6.45) is 2.02. The first-order valence-corrected chi connectivity index (χ1v) is 11.3. The number of aliphatic hydroxyl groups excluding tert-OH is 1. The molecule has 2 aliphatic rings. The molecule has 6 nitrogen and oxygen atoms in total. The molecule has 0 aliphatic carbocycles. The second kappa shape index (κ2) is 8.73. The minimum Gasteiger partial charge on any atom is -0.394 e. The molecular formula is C23H26N4O2S. The zero-order valence-electron chi connectivity index (χ0n) is 16.9. The lowest BCUT2D eigenvalue weighted by atomic mass is 10.1. The van der Waals surface area contributed by atoms with Gasteiger partial charge >= 0.3 is 0 Å². The van der Waals surface area contributed by atoms with Crippen LogP contribution in [0.15, 0.2) is 47.5 Å². The molecule has 1 fully saturated rings. The van der Waals surface area contributed by atoms with Crippen molar-refractivity contribution in [2.75, 3.05) is 62.8 Å². The molecule has 7 heteroatoms. The summed E-state index contributed by atoms with van der Waals surface area (Å²) in [5, 5.41) is 14.9. The van der Waals surface area contributed by atoms with Gasteiger partial charge in [0.1, 0.15) is 5.00 Å². The van der Waals surface area contributed by atoms with Crippen LogP contribution in [-0.4, -0.2) is 68.8 Å². The Morgan fingerprint density at radius 2 is 1.90 bits per heavy atom. The molecule has 2 aliphatic heterocycles. The first-order valence-electron chi connectivity index (χ1n) is 10.4. The molecule has 156 valence electrons. The van der Waals surface area contributed by atoms with E-state index in [2.05, 4.69) is 39.4 Å². The number of nitrogens with one attached hydrogen (secondary N) is 1. The van der Waals surface area contributed by atoms with E-state index < -0.39 is 0 Å². The number of piperazine rings is 1. The third kappa shape index (κ3) is 3.81. The van der Waals surface area contributed by atoms with Crippen molar-refractivity contribution in [3.63, 3.8) is 0 Å². The van der Waals surface area contributed by atoms with E-state index in [4.69, 9.17) is 14.8 Å². The van der Waals surface area contributed by atoms with E-state index in [0.29, 0.717) is 13.2 Å². The van der Waals surface area contributed by atoms with Crippen LogP contribution in [0.1, 0.15) is 5.56 Å². The summed E-state index contributed by atoms with van der Waals surface area (Å²) in [7, 11) is 0. The Kier molecular flexibility index (Phi) is 5.68. The fourth-order valence-corrected chi connectivity index (χ4v) is 5.26. The Morgan fingerprint density at radius 1 is 1.03 bits per heavy atom. The van der Waals surface area contributed by atoms with Gasteiger partial charge in [0.2, 0.25) is 0 Å². The molecular weight excluding hydrogens is 396 g/mol. The highest BCUT2D eigenvalue weighted by atomic mass is 32.1. The van der Waals surface area contributed by atoms with E-state index >= 15 is 0 Å². The van der Waals surface area contributed by atoms with Crippen LogP contribution < -0.4 is 10.2 Å². The number of hydrogen-bond donors (Lipinski definition) is 2. The second-order valence-electron chi connectivity index (χ2n) is 7.56. The maximum absolute atomic E-state index is 8.83. The first kappa shape index (κ1) is 19.5. The maximum Gasteiger partial charge on any atom is 0.103 e. The largest absolute Gasteiger partial charge is 0.394 e. The summed E-state index contributed by atoms with van der Waals surface area (Å²) >= 11 is 1.79. The van der Waals surface area contributed by atoms with Gasteiger partial charge in [0, 0.05) is 60.3 Å². The number of ether oxygens (including phenoxy) is 1. The lowest BCUT2D eigenvalue weighted by Gasteiger charge is -2.36. The Bertz CT molecular complexity index is 1060. The highest BCUT2D eigenvalue weighted by Gasteiger charge is 2.23. The van der Waals surface area contributed by atoms with Crippen LogP contribution in [-0.2, 0) is 4.74 Å². The van der Waals surface area contributed by atoms with E-state index in [-0.39, 0.29) is 6.61 Å². The smallest absolute Gasteiger partial charge is 0.103 e. The van der Waals surface area contributed by atoms with Crippen LogP contribution in [0.2, 0.25) is 0 Å². The quantitative estimate of drug-likeness (QED) is 0.463. The van der Waals surface area contributed by atoms with Crippen molar-refractivity contribution in [2.45, 2.75) is 0 Å². The number of rotatable bonds is 6. The van der Waals surface area contributed by atoms with Gasteiger partial charge < -0.3 is 20.1 Å². The van der Waals surface area contributed by atoms with E-state index in [1.165, 1.54) is 21.3 Å². The first-order chi connectivity index (χ1) is 14.8. The number of aliphatic hydroxyl groups is 1. The third-order valence-electron chi connectivity index (χ3n) is 5.72. The Hall–Kier alpha value is -2.45. The molecule has 5 rings (SSSR count). The molecule has 1 aromatic heterocycles. The second-order valence-corrected chi connectivity index (χ2v) is 8.61. The fourth-order valence-electron chi connectivity index (χ4n) is 4.15. The summed E-state index contributed by atoms with van der Waals surface area (Å²) in [6, 6.07) is 14.8. The van der Waals surface area contributed by atoms with Gasteiger partial charge in [-0.05, 0) is 24.3 Å². The molecule has 0 bridgehead atoms. The van der Waals surface area contributed by atoms with Crippen molar-refractivity contribution < 1.29 is 9.84 Å². The Balaban J connectivity index is 1.38. The van der Waals surface area contributed by atoms with Gasteiger partial charge in [-0.25, -0.2) is 0 Å². The van der Waals surface area contributed by atoms with Crippen LogP contribution in [0.5, 0.6) is 0 Å². The highest BCUT2D eigenvalue weighted by Crippen LogP contribution is 2.44. The van der Waals surface area contributed by atoms with Crippen LogP contribution >= 0.6 is 11.3 Å². The molecule has 0 atom stereocenters. The third-order valence-corrected chi connectivity index (χ3v) is 6.80. The van der Waals surface area contributed by atoms with Gasteiger partial charge in [0.05, 0.1) is 31.2 Å². The fraction of sp³-hybridized carbons (Fsp3) is 0.348. The Labute approximate surface area is 180 Å². The molecule has 0 unspecified atom stereocenters. The minimum absolute atomic E-state index is 0.0893. The molecule has 2 N–H and O–H groups in total. The summed E-state index contributed by atoms with van der Waals surface area (Å²) in [5.74, 6) is 0. The van der Waals surface area contributed by atoms with Gasteiger partial charge in [0.15, 0.2) is 0 Å². The van der Waals surface area contributed by atoms with E-state index in [1.807, 2.05) is 24.4 Å². The molecule has 0 radical (unpaired) electrons. The standard InChI is InChI=1S/C23H26N4O2S/c28-13-15-29-14-12-26-8-10-27(11-9-26)20-6-3-7-21-22(20)17-16-24-18-4-1-2-5-19(18)25-23(17)30-21/h1-7,16,25,28H,8-15H2. The predicted molar refractivity (Wildman–Crippen MR) is 125 cm³/mol. The minimum atomic E-state index is 0.0893. The van der Waals surface area contributed by atoms with Crippen molar-refractivity contribution in [1.82, 2.24) is 4.90 Å². The normalized spacial score (nSPS) is 16.2. The SMILES string of the molecule is OCCOCCN1CCN(c2cccc3sc4c(c23)C=Nc2ccccc2N4)CC1. The average molecular weight is 423 g/mol. The monoisotopic (exact) mass is 422 g/mol. The zero-order chi connectivity index (χ0) is 20.3. The van der Waals surface area contributed by atoms with Gasteiger partial charge in [-0.1, -0.05) is 18.2 Å². The van der Waals surface area contributed by atoms with Crippen molar-refractivity contribution in [2.24, 2.45) is 4.99 Å². The number of aliphatic imine (C=N–C) groups is 1. The van der Waals surface area contributed by atoms with Crippen LogP contribution in [0.25, 0.3) is 10.1 Å². The summed E-state index contributed by atoms with van der Waals surface area (Å²) in [6.45, 7) is 6.13.